The highest BCUT2D eigenvalue weighted by atomic mass is 32.1. The first-order valence-corrected chi connectivity index (χ1v) is 9.04. The van der Waals surface area contributed by atoms with Gasteiger partial charge in [-0.3, -0.25) is 9.78 Å². The van der Waals surface area contributed by atoms with Crippen LogP contribution < -0.4 is 5.32 Å². The van der Waals surface area contributed by atoms with Crippen LogP contribution in [0.15, 0.2) is 54.9 Å². The Kier molecular flexibility index (Phi) is 4.62. The number of rotatable bonds is 4. The summed E-state index contributed by atoms with van der Waals surface area (Å²) in [6, 6.07) is 14.6. The van der Waals surface area contributed by atoms with Crippen molar-refractivity contribution in [3.8, 4) is 23.0 Å². The molecule has 136 valence electrons. The van der Waals surface area contributed by atoms with E-state index in [0.29, 0.717) is 33.3 Å². The molecule has 3 aromatic heterocycles. The number of carbonyl (C=O) groups is 1. The van der Waals surface area contributed by atoms with Crippen LogP contribution in [0.3, 0.4) is 0 Å². The molecule has 4 aromatic rings. The van der Waals surface area contributed by atoms with Crippen LogP contribution >= 0.6 is 11.5 Å². The molecule has 0 atom stereocenters. The van der Waals surface area contributed by atoms with Crippen LogP contribution in [-0.2, 0) is 0 Å². The van der Waals surface area contributed by atoms with Crippen molar-refractivity contribution in [1.29, 1.82) is 5.26 Å². The predicted octanol–water partition coefficient (Wildman–Crippen LogP) is 3.22. The summed E-state index contributed by atoms with van der Waals surface area (Å²) in [4.78, 5) is 16.8. The van der Waals surface area contributed by atoms with Crippen molar-refractivity contribution in [2.45, 2.75) is 6.92 Å². The number of aromatic nitrogens is 5. The topological polar surface area (TPSA) is 109 Å². The van der Waals surface area contributed by atoms with Gasteiger partial charge in [0.1, 0.15) is 16.6 Å². The van der Waals surface area contributed by atoms with E-state index in [-0.39, 0.29) is 5.91 Å². The van der Waals surface area contributed by atoms with Crippen LogP contribution in [0.2, 0.25) is 0 Å². The molecular weight excluding hydrogens is 374 g/mol. The number of anilines is 1. The summed E-state index contributed by atoms with van der Waals surface area (Å²) in [7, 11) is 0. The zero-order chi connectivity index (χ0) is 19.5. The first kappa shape index (κ1) is 17.5. The predicted molar refractivity (Wildman–Crippen MR) is 104 cm³/mol. The van der Waals surface area contributed by atoms with Gasteiger partial charge in [-0.25, -0.2) is 4.68 Å². The smallest absolute Gasteiger partial charge is 0.269 e. The average molecular weight is 387 g/mol. The van der Waals surface area contributed by atoms with Gasteiger partial charge < -0.3 is 5.32 Å². The Bertz CT molecular complexity index is 1170. The summed E-state index contributed by atoms with van der Waals surface area (Å²) in [5, 5.41) is 20.6. The highest BCUT2D eigenvalue weighted by Gasteiger charge is 2.14. The number of hydrogen-bond donors (Lipinski definition) is 1. The second-order valence-corrected chi connectivity index (χ2v) is 6.62. The third-order valence-corrected chi connectivity index (χ3v) is 4.84. The molecule has 0 aliphatic heterocycles. The van der Waals surface area contributed by atoms with Crippen LogP contribution in [-0.4, -0.2) is 30.3 Å². The lowest BCUT2D eigenvalue weighted by Crippen LogP contribution is -2.11. The first-order valence-electron chi connectivity index (χ1n) is 8.27. The second kappa shape index (κ2) is 7.38. The molecule has 4 rings (SSSR count). The van der Waals surface area contributed by atoms with E-state index in [9.17, 15) is 10.1 Å². The number of pyridine rings is 1. The molecule has 0 fully saturated rings. The Morgan fingerprint density at radius 1 is 1.25 bits per heavy atom. The van der Waals surface area contributed by atoms with Crippen LogP contribution in [0.25, 0.3) is 16.9 Å². The zero-order valence-electron chi connectivity index (χ0n) is 14.7. The molecule has 1 N–H and O–H groups in total. The Morgan fingerprint density at radius 3 is 2.71 bits per heavy atom. The van der Waals surface area contributed by atoms with Gasteiger partial charge in [0.25, 0.3) is 5.91 Å². The SMILES string of the molecule is Cc1nnsc1C(=O)Nc1ccc(-n2nc(-c3cccnc3)cc2C#N)cc1. The maximum Gasteiger partial charge on any atom is 0.269 e. The van der Waals surface area contributed by atoms with E-state index in [1.807, 2.05) is 12.1 Å². The quantitative estimate of drug-likeness (QED) is 0.576. The molecule has 1 amide bonds. The van der Waals surface area contributed by atoms with Gasteiger partial charge in [0.2, 0.25) is 0 Å². The summed E-state index contributed by atoms with van der Waals surface area (Å²) in [6.45, 7) is 1.74. The van der Waals surface area contributed by atoms with E-state index < -0.39 is 0 Å². The van der Waals surface area contributed by atoms with Gasteiger partial charge >= 0.3 is 0 Å². The fraction of sp³-hybridized carbons (Fsp3) is 0.0526. The van der Waals surface area contributed by atoms with E-state index in [0.717, 1.165) is 17.1 Å². The molecular formula is C19H13N7OS. The van der Waals surface area contributed by atoms with Crippen molar-refractivity contribution in [2.75, 3.05) is 5.32 Å². The molecule has 0 unspecified atom stereocenters. The normalized spacial score (nSPS) is 10.4. The fourth-order valence-corrected chi connectivity index (χ4v) is 3.18. The molecule has 0 radical (unpaired) electrons. The summed E-state index contributed by atoms with van der Waals surface area (Å²) in [5.74, 6) is -0.254. The number of nitrogens with one attached hydrogen (secondary N) is 1. The number of amides is 1. The van der Waals surface area contributed by atoms with E-state index in [1.165, 1.54) is 0 Å². The Balaban J connectivity index is 1.59. The van der Waals surface area contributed by atoms with Crippen molar-refractivity contribution in [2.24, 2.45) is 0 Å². The van der Waals surface area contributed by atoms with Crippen molar-refractivity contribution < 1.29 is 4.79 Å². The minimum absolute atomic E-state index is 0.254. The van der Waals surface area contributed by atoms with E-state index >= 15 is 0 Å². The minimum Gasteiger partial charge on any atom is -0.321 e. The third kappa shape index (κ3) is 3.36. The van der Waals surface area contributed by atoms with Crippen molar-refractivity contribution in [3.63, 3.8) is 0 Å². The Morgan fingerprint density at radius 2 is 2.07 bits per heavy atom. The molecule has 9 heteroatoms. The standard InChI is InChI=1S/C19H13N7OS/c1-12-18(28-25-23-12)19(27)22-14-4-6-15(7-5-14)26-16(10-20)9-17(24-26)13-3-2-8-21-11-13/h2-9,11H,1H3,(H,22,27). The van der Waals surface area contributed by atoms with Crippen molar-refractivity contribution in [3.05, 3.63) is 71.1 Å². The van der Waals surface area contributed by atoms with E-state index in [1.54, 1.807) is 54.3 Å². The van der Waals surface area contributed by atoms with Crippen molar-refractivity contribution in [1.82, 2.24) is 24.4 Å². The van der Waals surface area contributed by atoms with E-state index in [2.05, 4.69) is 31.1 Å². The van der Waals surface area contributed by atoms with Gasteiger partial charge in [0, 0.05) is 29.7 Å². The first-order chi connectivity index (χ1) is 13.7. The summed E-state index contributed by atoms with van der Waals surface area (Å²) >= 11 is 1.05. The molecule has 8 nitrogen and oxygen atoms in total. The van der Waals surface area contributed by atoms with Gasteiger partial charge in [-0.2, -0.15) is 10.4 Å². The molecule has 0 aliphatic carbocycles. The van der Waals surface area contributed by atoms with E-state index in [4.69, 9.17) is 0 Å². The zero-order valence-corrected chi connectivity index (χ0v) is 15.5. The number of nitrogens with zero attached hydrogens (tertiary/aromatic N) is 6. The largest absolute Gasteiger partial charge is 0.321 e. The molecule has 1 aromatic carbocycles. The van der Waals surface area contributed by atoms with Gasteiger partial charge in [-0.15, -0.1) is 5.10 Å². The van der Waals surface area contributed by atoms with Gasteiger partial charge in [-0.1, -0.05) is 4.49 Å². The Hall–Kier alpha value is -3.90. The third-order valence-electron chi connectivity index (χ3n) is 4.01. The average Bonchev–Trinajstić information content (AvgIpc) is 3.35. The number of benzene rings is 1. The molecule has 0 saturated carbocycles. The second-order valence-electron chi connectivity index (χ2n) is 5.87. The summed E-state index contributed by atoms with van der Waals surface area (Å²) in [6.07, 6.45) is 3.38. The minimum atomic E-state index is -0.254. The number of nitriles is 1. The van der Waals surface area contributed by atoms with Crippen LogP contribution in [0.4, 0.5) is 5.69 Å². The highest BCUT2D eigenvalue weighted by Crippen LogP contribution is 2.22. The molecule has 3 heterocycles. The number of aryl methyl sites for hydroxylation is 1. The summed E-state index contributed by atoms with van der Waals surface area (Å²) in [5.41, 5.74) is 3.82. The maximum absolute atomic E-state index is 12.3. The van der Waals surface area contributed by atoms with Gasteiger partial charge in [-0.05, 0) is 54.9 Å². The lowest BCUT2D eigenvalue weighted by molar-refractivity contribution is 0.103. The van der Waals surface area contributed by atoms with Crippen LogP contribution in [0.1, 0.15) is 21.1 Å². The van der Waals surface area contributed by atoms with Crippen molar-refractivity contribution >= 4 is 23.1 Å². The van der Waals surface area contributed by atoms with Gasteiger partial charge in [0.15, 0.2) is 0 Å². The van der Waals surface area contributed by atoms with Crippen LogP contribution in [0, 0.1) is 18.3 Å². The molecule has 28 heavy (non-hydrogen) atoms. The monoisotopic (exact) mass is 387 g/mol. The number of hydrogen-bond acceptors (Lipinski definition) is 7. The lowest BCUT2D eigenvalue weighted by atomic mass is 10.2. The van der Waals surface area contributed by atoms with Gasteiger partial charge in [0.05, 0.1) is 17.1 Å². The molecule has 0 aliphatic rings. The number of carbonyl (C=O) groups excluding carboxylic acids is 1. The lowest BCUT2D eigenvalue weighted by Gasteiger charge is -2.06. The molecule has 0 bridgehead atoms. The summed E-state index contributed by atoms with van der Waals surface area (Å²) < 4.78 is 5.33. The Labute approximate surface area is 164 Å². The van der Waals surface area contributed by atoms with Crippen LogP contribution in [0.5, 0.6) is 0 Å². The highest BCUT2D eigenvalue weighted by molar-refractivity contribution is 7.08. The molecule has 0 spiro atoms. The molecule has 0 saturated heterocycles. The fourth-order valence-electron chi connectivity index (χ4n) is 2.63. The maximum atomic E-state index is 12.3.